The number of aliphatic hydroxyl groups excluding tert-OH is 1. The molecule has 1 atom stereocenters. The maximum Gasteiger partial charge on any atom is 0.257 e. The van der Waals surface area contributed by atoms with E-state index < -0.39 is 6.10 Å². The largest absolute Gasteiger partial charge is 0.483 e. The van der Waals surface area contributed by atoms with Crippen LogP contribution in [0.25, 0.3) is 0 Å². The second-order valence-electron chi connectivity index (χ2n) is 5.22. The van der Waals surface area contributed by atoms with Crippen molar-refractivity contribution in [3.63, 3.8) is 0 Å². The standard InChI is InChI=1S/C16H23NO3/c1-2-3-10-17-16(19)11-20-15-9-5-6-12-13(15)7-4-8-14(12)18/h5-6,9,14,18H,2-4,7-8,10-11H2,1H3,(H,17,19). The van der Waals surface area contributed by atoms with E-state index in [9.17, 15) is 9.90 Å². The molecule has 0 bridgehead atoms. The SMILES string of the molecule is CCCCNC(=O)COc1cccc2c1CCCC2O. The summed E-state index contributed by atoms with van der Waals surface area (Å²) in [4.78, 5) is 11.6. The quantitative estimate of drug-likeness (QED) is 0.785. The molecular formula is C16H23NO3. The Bertz CT molecular complexity index is 459. The van der Waals surface area contributed by atoms with Gasteiger partial charge in [-0.25, -0.2) is 0 Å². The summed E-state index contributed by atoms with van der Waals surface area (Å²) in [5.41, 5.74) is 1.99. The molecule has 1 aliphatic carbocycles. The third-order valence-corrected chi connectivity index (χ3v) is 3.64. The molecule has 0 heterocycles. The predicted octanol–water partition coefficient (Wildman–Crippen LogP) is 2.35. The first-order valence-electron chi connectivity index (χ1n) is 7.41. The van der Waals surface area contributed by atoms with Crippen LogP contribution in [-0.4, -0.2) is 24.2 Å². The van der Waals surface area contributed by atoms with Crippen molar-refractivity contribution in [3.05, 3.63) is 29.3 Å². The Morgan fingerprint density at radius 2 is 2.35 bits per heavy atom. The Morgan fingerprint density at radius 1 is 1.50 bits per heavy atom. The lowest BCUT2D eigenvalue weighted by atomic mass is 9.89. The van der Waals surface area contributed by atoms with E-state index in [1.54, 1.807) is 0 Å². The van der Waals surface area contributed by atoms with Gasteiger partial charge in [-0.05, 0) is 42.9 Å². The molecule has 0 fully saturated rings. The molecule has 1 unspecified atom stereocenters. The van der Waals surface area contributed by atoms with Crippen LogP contribution in [0.5, 0.6) is 5.75 Å². The van der Waals surface area contributed by atoms with Crippen LogP contribution in [0, 0.1) is 0 Å². The van der Waals surface area contributed by atoms with Crippen LogP contribution in [0.15, 0.2) is 18.2 Å². The molecule has 1 aromatic rings. The number of carbonyl (C=O) groups excluding carboxylic acids is 1. The van der Waals surface area contributed by atoms with Gasteiger partial charge in [0.15, 0.2) is 6.61 Å². The Morgan fingerprint density at radius 3 is 3.15 bits per heavy atom. The number of benzene rings is 1. The highest BCUT2D eigenvalue weighted by Crippen LogP contribution is 2.35. The summed E-state index contributed by atoms with van der Waals surface area (Å²) in [6.07, 6.45) is 4.30. The van der Waals surface area contributed by atoms with Crippen LogP contribution in [0.1, 0.15) is 49.8 Å². The topological polar surface area (TPSA) is 58.6 Å². The van der Waals surface area contributed by atoms with Gasteiger partial charge in [0.05, 0.1) is 6.10 Å². The van der Waals surface area contributed by atoms with Gasteiger partial charge >= 0.3 is 0 Å². The predicted molar refractivity (Wildman–Crippen MR) is 77.8 cm³/mol. The molecule has 2 rings (SSSR count). The monoisotopic (exact) mass is 277 g/mol. The highest BCUT2D eigenvalue weighted by atomic mass is 16.5. The second-order valence-corrected chi connectivity index (χ2v) is 5.22. The Hall–Kier alpha value is -1.55. The van der Waals surface area contributed by atoms with E-state index >= 15 is 0 Å². The summed E-state index contributed by atoms with van der Waals surface area (Å²) >= 11 is 0. The number of aliphatic hydroxyl groups is 1. The summed E-state index contributed by atoms with van der Waals surface area (Å²) < 4.78 is 5.62. The Balaban J connectivity index is 1.93. The van der Waals surface area contributed by atoms with E-state index in [1.165, 1.54) is 0 Å². The number of unbranched alkanes of at least 4 members (excludes halogenated alkanes) is 1. The fraction of sp³-hybridized carbons (Fsp3) is 0.562. The van der Waals surface area contributed by atoms with E-state index in [0.717, 1.165) is 49.0 Å². The summed E-state index contributed by atoms with van der Waals surface area (Å²) in [6, 6.07) is 5.68. The van der Waals surface area contributed by atoms with E-state index in [0.29, 0.717) is 6.54 Å². The minimum Gasteiger partial charge on any atom is -0.483 e. The number of amides is 1. The van der Waals surface area contributed by atoms with Crippen LogP contribution >= 0.6 is 0 Å². The van der Waals surface area contributed by atoms with E-state index in [1.807, 2.05) is 18.2 Å². The molecule has 0 radical (unpaired) electrons. The van der Waals surface area contributed by atoms with Gasteiger partial charge in [0.2, 0.25) is 0 Å². The molecule has 4 nitrogen and oxygen atoms in total. The van der Waals surface area contributed by atoms with Gasteiger partial charge in [-0.3, -0.25) is 4.79 Å². The zero-order valence-electron chi connectivity index (χ0n) is 12.0. The Labute approximate surface area is 120 Å². The minimum atomic E-state index is -0.402. The molecule has 0 saturated carbocycles. The van der Waals surface area contributed by atoms with Crippen LogP contribution in [0.3, 0.4) is 0 Å². The van der Waals surface area contributed by atoms with Gasteiger partial charge in [-0.2, -0.15) is 0 Å². The third kappa shape index (κ3) is 3.73. The molecule has 2 N–H and O–H groups in total. The zero-order valence-corrected chi connectivity index (χ0v) is 12.0. The number of fused-ring (bicyclic) bond motifs is 1. The van der Waals surface area contributed by atoms with Crippen molar-refractivity contribution >= 4 is 5.91 Å². The maximum atomic E-state index is 11.6. The average molecular weight is 277 g/mol. The summed E-state index contributed by atoms with van der Waals surface area (Å²) in [7, 11) is 0. The van der Waals surface area contributed by atoms with Gasteiger partial charge in [0, 0.05) is 6.54 Å². The number of hydrogen-bond donors (Lipinski definition) is 2. The lowest BCUT2D eigenvalue weighted by Gasteiger charge is -2.23. The average Bonchev–Trinajstić information content (AvgIpc) is 2.46. The van der Waals surface area contributed by atoms with Crippen molar-refractivity contribution in [1.29, 1.82) is 0 Å². The fourth-order valence-electron chi connectivity index (χ4n) is 2.52. The number of hydrogen-bond acceptors (Lipinski definition) is 3. The Kier molecular flexibility index (Phi) is 5.41. The molecule has 20 heavy (non-hydrogen) atoms. The fourth-order valence-corrected chi connectivity index (χ4v) is 2.52. The molecular weight excluding hydrogens is 254 g/mol. The second kappa shape index (κ2) is 7.29. The molecule has 110 valence electrons. The van der Waals surface area contributed by atoms with Gasteiger partial charge in [-0.1, -0.05) is 25.5 Å². The number of rotatable bonds is 6. The van der Waals surface area contributed by atoms with Crippen molar-refractivity contribution in [2.75, 3.05) is 13.2 Å². The third-order valence-electron chi connectivity index (χ3n) is 3.64. The van der Waals surface area contributed by atoms with Gasteiger partial charge in [0.1, 0.15) is 5.75 Å². The van der Waals surface area contributed by atoms with Gasteiger partial charge in [-0.15, -0.1) is 0 Å². The summed E-state index contributed by atoms with van der Waals surface area (Å²) in [5.74, 6) is 0.638. The van der Waals surface area contributed by atoms with Crippen molar-refractivity contribution in [3.8, 4) is 5.75 Å². The van der Waals surface area contributed by atoms with Crippen LogP contribution in [-0.2, 0) is 11.2 Å². The summed E-state index contributed by atoms with van der Waals surface area (Å²) in [6.45, 7) is 2.82. The number of carbonyl (C=O) groups is 1. The van der Waals surface area contributed by atoms with Crippen molar-refractivity contribution < 1.29 is 14.6 Å². The first kappa shape index (κ1) is 14.9. The van der Waals surface area contributed by atoms with Crippen LogP contribution in [0.4, 0.5) is 0 Å². The minimum absolute atomic E-state index is 0.0380. The smallest absolute Gasteiger partial charge is 0.257 e. The lowest BCUT2D eigenvalue weighted by Crippen LogP contribution is -2.29. The van der Waals surface area contributed by atoms with E-state index in [2.05, 4.69) is 12.2 Å². The molecule has 0 saturated heterocycles. The maximum absolute atomic E-state index is 11.6. The molecule has 0 aliphatic heterocycles. The van der Waals surface area contributed by atoms with E-state index in [-0.39, 0.29) is 12.5 Å². The van der Waals surface area contributed by atoms with Gasteiger partial charge < -0.3 is 15.2 Å². The first-order valence-corrected chi connectivity index (χ1v) is 7.41. The van der Waals surface area contributed by atoms with Crippen LogP contribution < -0.4 is 10.1 Å². The summed E-state index contributed by atoms with van der Waals surface area (Å²) in [5, 5.41) is 12.8. The lowest BCUT2D eigenvalue weighted by molar-refractivity contribution is -0.123. The number of nitrogens with one attached hydrogen (secondary N) is 1. The zero-order chi connectivity index (χ0) is 14.4. The molecule has 0 aromatic heterocycles. The number of ether oxygens (including phenoxy) is 1. The van der Waals surface area contributed by atoms with Crippen molar-refractivity contribution in [2.45, 2.75) is 45.1 Å². The molecule has 1 aromatic carbocycles. The molecule has 4 heteroatoms. The molecule has 1 aliphatic rings. The highest BCUT2D eigenvalue weighted by molar-refractivity contribution is 5.77. The normalized spacial score (nSPS) is 17.4. The van der Waals surface area contributed by atoms with Gasteiger partial charge in [0.25, 0.3) is 5.91 Å². The van der Waals surface area contributed by atoms with Crippen molar-refractivity contribution in [2.24, 2.45) is 0 Å². The molecule has 1 amide bonds. The van der Waals surface area contributed by atoms with E-state index in [4.69, 9.17) is 4.74 Å². The first-order chi connectivity index (χ1) is 9.72. The highest BCUT2D eigenvalue weighted by Gasteiger charge is 2.21. The van der Waals surface area contributed by atoms with Crippen molar-refractivity contribution in [1.82, 2.24) is 5.32 Å². The van der Waals surface area contributed by atoms with Crippen LogP contribution in [0.2, 0.25) is 0 Å². The molecule has 0 spiro atoms.